The van der Waals surface area contributed by atoms with Gasteiger partial charge in [-0.05, 0) is 0 Å². The molecule has 0 fully saturated rings. The summed E-state index contributed by atoms with van der Waals surface area (Å²) in [6, 6.07) is 15.3. The molecule has 17 heavy (non-hydrogen) atoms. The molecular weight excluding hydrogens is 327 g/mol. The van der Waals surface area contributed by atoms with E-state index in [1.807, 2.05) is 48.5 Å². The van der Waals surface area contributed by atoms with Gasteiger partial charge in [-0.15, -0.1) is 0 Å². The van der Waals surface area contributed by atoms with E-state index in [9.17, 15) is 9.59 Å². The van der Waals surface area contributed by atoms with Gasteiger partial charge >= 0.3 is 110 Å². The van der Waals surface area contributed by atoms with Gasteiger partial charge in [0, 0.05) is 0 Å². The molecule has 2 aromatic rings. The van der Waals surface area contributed by atoms with E-state index in [0.717, 1.165) is 12.6 Å². The normalized spacial score (nSPS) is 10.1. The Labute approximate surface area is 110 Å². The minimum atomic E-state index is -0.239. The van der Waals surface area contributed by atoms with Crippen LogP contribution in [0.3, 0.4) is 0 Å². The molecule has 0 unspecified atom stereocenters. The van der Waals surface area contributed by atoms with Crippen LogP contribution in [0.15, 0.2) is 48.5 Å². The van der Waals surface area contributed by atoms with Crippen molar-refractivity contribution in [3.05, 3.63) is 66.8 Å². The number of carbonyl (C=O) groups is 2. The van der Waals surface area contributed by atoms with Gasteiger partial charge in [-0.25, -0.2) is 0 Å². The van der Waals surface area contributed by atoms with Gasteiger partial charge < -0.3 is 0 Å². The minimum absolute atomic E-state index is 0.239. The quantitative estimate of drug-likeness (QED) is 0.554. The predicted octanol–water partition coefficient (Wildman–Crippen LogP) is -0.560. The molecule has 3 heteroatoms. The zero-order chi connectivity index (χ0) is 12.1. The molecule has 0 saturated heterocycles. The van der Waals surface area contributed by atoms with Gasteiger partial charge in [0.15, 0.2) is 0 Å². The number of hydrogen-bond acceptors (Lipinski definition) is 2. The number of carbonyl (C=O) groups excluding carboxylic acids is 2. The van der Waals surface area contributed by atoms with Crippen molar-refractivity contribution in [1.82, 2.24) is 0 Å². The molecule has 0 aliphatic rings. The second-order valence-electron chi connectivity index (χ2n) is 3.43. The second kappa shape index (κ2) is 5.72. The molecule has 2 aromatic carbocycles. The number of hydrogen-bond donors (Lipinski definition) is 0. The first-order chi connectivity index (χ1) is 8.31. The average Bonchev–Trinajstić information content (AvgIpc) is 2.40. The maximum atomic E-state index is 10.5. The van der Waals surface area contributed by atoms with Crippen LogP contribution in [0.1, 0.15) is 20.7 Å². The molecule has 2 nitrogen and oxygen atoms in total. The summed E-state index contributed by atoms with van der Waals surface area (Å²) in [6.45, 7) is 0. The summed E-state index contributed by atoms with van der Waals surface area (Å²) < 4.78 is 2.52. The van der Waals surface area contributed by atoms with Crippen LogP contribution < -0.4 is 21.2 Å². The Hall–Kier alpha value is -1.49. The molecule has 0 atom stereocenters. The van der Waals surface area contributed by atoms with Gasteiger partial charge in [0.25, 0.3) is 0 Å². The van der Waals surface area contributed by atoms with Crippen LogP contribution in [-0.2, 0) is 0 Å². The van der Waals surface area contributed by atoms with Crippen molar-refractivity contribution in [2.45, 2.75) is 0 Å². The van der Waals surface area contributed by atoms with Crippen LogP contribution in [-0.4, -0.2) is 12.6 Å². The molecule has 0 aliphatic heterocycles. The predicted molar refractivity (Wildman–Crippen MR) is 61.1 cm³/mol. The van der Waals surface area contributed by atoms with E-state index < -0.39 is 0 Å². The SMILES string of the molecule is O=Cc1ccc([I-]c2ccc(C=O)cc2)cc1. The molecule has 86 valence electrons. The zero-order valence-electron chi connectivity index (χ0n) is 8.97. The summed E-state index contributed by atoms with van der Waals surface area (Å²) in [5.74, 6) is 0. The molecule has 2 rings (SSSR count). The monoisotopic (exact) mass is 337 g/mol. The molecule has 0 N–H and O–H groups in total. The molecule has 0 saturated carbocycles. The Bertz CT molecular complexity index is 465. The van der Waals surface area contributed by atoms with Crippen LogP contribution in [0.5, 0.6) is 0 Å². The van der Waals surface area contributed by atoms with E-state index in [0.29, 0.717) is 11.1 Å². The second-order valence-corrected chi connectivity index (χ2v) is 6.46. The van der Waals surface area contributed by atoms with Crippen molar-refractivity contribution < 1.29 is 30.8 Å². The topological polar surface area (TPSA) is 34.1 Å². The van der Waals surface area contributed by atoms with Gasteiger partial charge in [0.05, 0.1) is 0 Å². The first-order valence-corrected chi connectivity index (χ1v) is 7.23. The number of benzene rings is 2. The Balaban J connectivity index is 2.13. The van der Waals surface area contributed by atoms with Crippen LogP contribution >= 0.6 is 0 Å². The molecule has 0 bridgehead atoms. The first kappa shape index (κ1) is 12.0. The van der Waals surface area contributed by atoms with E-state index in [2.05, 4.69) is 0 Å². The number of rotatable bonds is 4. The Kier molecular flexibility index (Phi) is 4.03. The fourth-order valence-electron chi connectivity index (χ4n) is 1.33. The van der Waals surface area contributed by atoms with E-state index in [4.69, 9.17) is 0 Å². The molecule has 0 aliphatic carbocycles. The summed E-state index contributed by atoms with van der Waals surface area (Å²) in [5, 5.41) is 0. The Morgan fingerprint density at radius 2 is 1.00 bits per heavy atom. The standard InChI is InChI=1S/C14H10IO2/c16-9-11-1-5-13(6-2-11)15-14-7-3-12(10-17)4-8-14/h1-10H/q-1. The van der Waals surface area contributed by atoms with Crippen molar-refractivity contribution in [3.63, 3.8) is 0 Å². The third kappa shape index (κ3) is 3.23. The van der Waals surface area contributed by atoms with Gasteiger partial charge in [0.2, 0.25) is 0 Å². The van der Waals surface area contributed by atoms with E-state index >= 15 is 0 Å². The summed E-state index contributed by atoms with van der Waals surface area (Å²) in [4.78, 5) is 21.0. The summed E-state index contributed by atoms with van der Waals surface area (Å²) in [7, 11) is 0. The summed E-state index contributed by atoms with van der Waals surface area (Å²) >= 11 is -0.239. The summed E-state index contributed by atoms with van der Waals surface area (Å²) in [5.41, 5.74) is 1.41. The number of halogens is 1. The van der Waals surface area contributed by atoms with Crippen molar-refractivity contribution >= 4 is 12.6 Å². The maximum absolute atomic E-state index is 10.5. The fraction of sp³-hybridized carbons (Fsp3) is 0. The van der Waals surface area contributed by atoms with Crippen LogP contribution in [0.25, 0.3) is 0 Å². The Morgan fingerprint density at radius 3 is 1.29 bits per heavy atom. The van der Waals surface area contributed by atoms with Crippen molar-refractivity contribution in [2.24, 2.45) is 0 Å². The van der Waals surface area contributed by atoms with E-state index in [1.54, 1.807) is 0 Å². The summed E-state index contributed by atoms with van der Waals surface area (Å²) in [6.07, 6.45) is 1.70. The van der Waals surface area contributed by atoms with Gasteiger partial charge in [0.1, 0.15) is 0 Å². The molecule has 0 radical (unpaired) electrons. The zero-order valence-corrected chi connectivity index (χ0v) is 11.1. The molecule has 0 heterocycles. The van der Waals surface area contributed by atoms with Gasteiger partial charge in [-0.3, -0.25) is 0 Å². The average molecular weight is 337 g/mol. The van der Waals surface area contributed by atoms with Crippen molar-refractivity contribution in [1.29, 1.82) is 0 Å². The third-order valence-corrected chi connectivity index (χ3v) is 4.91. The molecule has 0 amide bonds. The van der Waals surface area contributed by atoms with E-state index in [-0.39, 0.29) is 21.2 Å². The first-order valence-electron chi connectivity index (χ1n) is 5.07. The van der Waals surface area contributed by atoms with Crippen LogP contribution in [0.4, 0.5) is 0 Å². The van der Waals surface area contributed by atoms with Crippen LogP contribution in [0.2, 0.25) is 0 Å². The van der Waals surface area contributed by atoms with E-state index in [1.165, 1.54) is 7.14 Å². The Morgan fingerprint density at radius 1 is 0.647 bits per heavy atom. The number of aldehydes is 2. The molecular formula is C14H10IO2-. The fourth-order valence-corrected chi connectivity index (χ4v) is 3.49. The van der Waals surface area contributed by atoms with Gasteiger partial charge in [-0.1, -0.05) is 0 Å². The third-order valence-electron chi connectivity index (χ3n) is 2.23. The molecule has 0 aromatic heterocycles. The van der Waals surface area contributed by atoms with Gasteiger partial charge in [-0.2, -0.15) is 0 Å². The van der Waals surface area contributed by atoms with Crippen molar-refractivity contribution in [2.75, 3.05) is 0 Å². The van der Waals surface area contributed by atoms with Crippen LogP contribution in [0, 0.1) is 7.14 Å². The van der Waals surface area contributed by atoms with Crippen molar-refractivity contribution in [3.8, 4) is 0 Å². The molecule has 0 spiro atoms.